The van der Waals surface area contributed by atoms with Crippen LogP contribution in [-0.4, -0.2) is 18.7 Å². The summed E-state index contributed by atoms with van der Waals surface area (Å²) in [5.41, 5.74) is 0.840. The summed E-state index contributed by atoms with van der Waals surface area (Å²) in [6, 6.07) is 2.39. The van der Waals surface area contributed by atoms with Gasteiger partial charge in [-0.2, -0.15) is 8.78 Å². The largest absolute Gasteiger partial charge is 0.435 e. The van der Waals surface area contributed by atoms with Crippen molar-refractivity contribution in [1.82, 2.24) is 0 Å². The van der Waals surface area contributed by atoms with Crippen molar-refractivity contribution in [3.63, 3.8) is 0 Å². The van der Waals surface area contributed by atoms with E-state index >= 15 is 0 Å². The predicted octanol–water partition coefficient (Wildman–Crippen LogP) is 2.61. The average Bonchev–Trinajstić information content (AvgIpc) is 2.19. The van der Waals surface area contributed by atoms with Crippen LogP contribution in [0.4, 0.5) is 8.78 Å². The van der Waals surface area contributed by atoms with Crippen LogP contribution in [0.2, 0.25) is 0 Å². The number of carbonyl (C=O) groups excluding carboxylic acids is 2. The lowest BCUT2D eigenvalue weighted by Gasteiger charge is -2.10. The van der Waals surface area contributed by atoms with Gasteiger partial charge in [-0.05, 0) is 31.5 Å². The predicted molar refractivity (Wildman–Crippen MR) is 53.2 cm³/mol. The first-order valence-electron chi connectivity index (χ1n) is 4.51. The topological polar surface area (TPSA) is 43.4 Å². The van der Waals surface area contributed by atoms with Crippen LogP contribution < -0.4 is 4.74 Å². The molecule has 0 aromatic heterocycles. The van der Waals surface area contributed by atoms with Gasteiger partial charge in [-0.1, -0.05) is 0 Å². The van der Waals surface area contributed by atoms with Gasteiger partial charge in [0.25, 0.3) is 0 Å². The molecule has 86 valence electrons. The molecule has 0 unspecified atom stereocenters. The second kappa shape index (κ2) is 4.83. The highest BCUT2D eigenvalue weighted by molar-refractivity contribution is 5.98. The molecule has 1 aromatic carbocycles. The molecular weight excluding hydrogens is 218 g/mol. The number of benzene rings is 1. The Morgan fingerprint density at radius 3 is 2.50 bits per heavy atom. The number of hydrogen-bond acceptors (Lipinski definition) is 3. The molecule has 0 saturated carbocycles. The Hall–Kier alpha value is -1.78. The Morgan fingerprint density at radius 1 is 1.44 bits per heavy atom. The van der Waals surface area contributed by atoms with Gasteiger partial charge in [0.15, 0.2) is 5.78 Å². The first-order valence-corrected chi connectivity index (χ1v) is 4.51. The molecule has 1 rings (SSSR count). The smallest absolute Gasteiger partial charge is 0.387 e. The normalized spacial score (nSPS) is 10.3. The van der Waals surface area contributed by atoms with E-state index in [1.165, 1.54) is 19.1 Å². The fourth-order valence-corrected chi connectivity index (χ4v) is 1.37. The van der Waals surface area contributed by atoms with Gasteiger partial charge in [0.1, 0.15) is 12.0 Å². The Balaban J connectivity index is 3.28. The van der Waals surface area contributed by atoms with Gasteiger partial charge in [0.05, 0.1) is 0 Å². The molecule has 0 fully saturated rings. The number of rotatable bonds is 4. The molecule has 0 aliphatic heterocycles. The molecule has 0 N–H and O–H groups in total. The SMILES string of the molecule is CC(=O)c1cc(OC(F)F)cc(C=O)c1C. The molecule has 1 aromatic rings. The summed E-state index contributed by atoms with van der Waals surface area (Å²) in [7, 11) is 0. The van der Waals surface area contributed by atoms with Gasteiger partial charge in [-0.3, -0.25) is 9.59 Å². The minimum atomic E-state index is -2.98. The van der Waals surface area contributed by atoms with Crippen LogP contribution in [0.1, 0.15) is 33.2 Å². The molecule has 0 saturated heterocycles. The fraction of sp³-hybridized carbons (Fsp3) is 0.273. The first-order chi connectivity index (χ1) is 7.45. The number of alkyl halides is 2. The molecule has 3 nitrogen and oxygen atoms in total. The van der Waals surface area contributed by atoms with Crippen LogP contribution in [0.15, 0.2) is 12.1 Å². The summed E-state index contributed by atoms with van der Waals surface area (Å²) >= 11 is 0. The molecular formula is C11H10F2O3. The highest BCUT2D eigenvalue weighted by Crippen LogP contribution is 2.23. The molecule has 0 radical (unpaired) electrons. The van der Waals surface area contributed by atoms with Crippen LogP contribution in [0.5, 0.6) is 5.75 Å². The van der Waals surface area contributed by atoms with Crippen molar-refractivity contribution in [2.45, 2.75) is 20.5 Å². The fourth-order valence-electron chi connectivity index (χ4n) is 1.37. The Morgan fingerprint density at radius 2 is 2.06 bits per heavy atom. The molecule has 0 heterocycles. The number of Topliss-reactive ketones (excluding diaryl/α,β-unsaturated/α-hetero) is 1. The molecule has 0 aliphatic rings. The lowest BCUT2D eigenvalue weighted by Crippen LogP contribution is -2.06. The van der Waals surface area contributed by atoms with E-state index in [0.29, 0.717) is 11.8 Å². The third-order valence-corrected chi connectivity index (χ3v) is 2.15. The third-order valence-electron chi connectivity index (χ3n) is 2.15. The summed E-state index contributed by atoms with van der Waals surface area (Å²) in [5, 5.41) is 0. The zero-order chi connectivity index (χ0) is 12.3. The van der Waals surface area contributed by atoms with Crippen molar-refractivity contribution < 1.29 is 23.1 Å². The highest BCUT2D eigenvalue weighted by atomic mass is 19.3. The van der Waals surface area contributed by atoms with E-state index in [2.05, 4.69) is 4.74 Å². The van der Waals surface area contributed by atoms with Gasteiger partial charge >= 0.3 is 6.61 Å². The minimum Gasteiger partial charge on any atom is -0.435 e. The minimum absolute atomic E-state index is 0.170. The van der Waals surface area contributed by atoms with Crippen molar-refractivity contribution in [3.05, 3.63) is 28.8 Å². The zero-order valence-electron chi connectivity index (χ0n) is 8.79. The monoisotopic (exact) mass is 228 g/mol. The lowest BCUT2D eigenvalue weighted by molar-refractivity contribution is -0.0499. The second-order valence-corrected chi connectivity index (χ2v) is 3.24. The first kappa shape index (κ1) is 12.3. The van der Waals surface area contributed by atoms with Crippen LogP contribution >= 0.6 is 0 Å². The summed E-state index contributed by atoms with van der Waals surface area (Å²) in [6.45, 7) is -0.114. The zero-order valence-corrected chi connectivity index (χ0v) is 8.79. The van der Waals surface area contributed by atoms with Crippen LogP contribution in [0, 0.1) is 6.92 Å². The molecule has 0 aliphatic carbocycles. The van der Waals surface area contributed by atoms with Crippen molar-refractivity contribution in [2.24, 2.45) is 0 Å². The molecule has 0 bridgehead atoms. The van der Waals surface area contributed by atoms with E-state index in [1.807, 2.05) is 0 Å². The molecule has 5 heteroatoms. The maximum atomic E-state index is 12.0. The highest BCUT2D eigenvalue weighted by Gasteiger charge is 2.13. The van der Waals surface area contributed by atoms with E-state index in [9.17, 15) is 18.4 Å². The van der Waals surface area contributed by atoms with Crippen molar-refractivity contribution in [3.8, 4) is 5.75 Å². The number of aldehydes is 1. The van der Waals surface area contributed by atoms with Gasteiger partial charge < -0.3 is 4.74 Å². The summed E-state index contributed by atoms with van der Waals surface area (Å²) < 4.78 is 28.1. The van der Waals surface area contributed by atoms with Crippen LogP contribution in [-0.2, 0) is 0 Å². The van der Waals surface area contributed by atoms with E-state index in [4.69, 9.17) is 0 Å². The lowest BCUT2D eigenvalue weighted by atomic mass is 10.00. The van der Waals surface area contributed by atoms with E-state index < -0.39 is 6.61 Å². The maximum Gasteiger partial charge on any atom is 0.387 e. The molecule has 0 atom stereocenters. The number of ketones is 1. The number of hydrogen-bond donors (Lipinski definition) is 0. The second-order valence-electron chi connectivity index (χ2n) is 3.24. The van der Waals surface area contributed by atoms with Gasteiger partial charge in [0, 0.05) is 11.1 Å². The van der Waals surface area contributed by atoms with Crippen molar-refractivity contribution in [1.29, 1.82) is 0 Å². The van der Waals surface area contributed by atoms with Crippen LogP contribution in [0.3, 0.4) is 0 Å². The third kappa shape index (κ3) is 2.62. The number of halogens is 2. The van der Waals surface area contributed by atoms with Crippen molar-refractivity contribution >= 4 is 12.1 Å². The Kier molecular flexibility index (Phi) is 3.71. The summed E-state index contributed by atoms with van der Waals surface area (Å²) in [4.78, 5) is 21.9. The summed E-state index contributed by atoms with van der Waals surface area (Å²) in [6.07, 6.45) is 0.500. The van der Waals surface area contributed by atoms with E-state index in [1.54, 1.807) is 6.92 Å². The van der Waals surface area contributed by atoms with Gasteiger partial charge in [-0.15, -0.1) is 0 Å². The number of ether oxygens (including phenoxy) is 1. The summed E-state index contributed by atoms with van der Waals surface area (Å²) in [5.74, 6) is -0.492. The number of carbonyl (C=O) groups is 2. The maximum absolute atomic E-state index is 12.0. The van der Waals surface area contributed by atoms with E-state index in [-0.39, 0.29) is 22.7 Å². The molecule has 0 amide bonds. The quantitative estimate of drug-likeness (QED) is 0.587. The molecule has 0 spiro atoms. The van der Waals surface area contributed by atoms with Crippen molar-refractivity contribution in [2.75, 3.05) is 0 Å². The van der Waals surface area contributed by atoms with Gasteiger partial charge in [-0.25, -0.2) is 0 Å². The standard InChI is InChI=1S/C11H10F2O3/c1-6-8(5-14)3-9(16-11(12)13)4-10(6)7(2)15/h3-5,11H,1-2H3. The van der Waals surface area contributed by atoms with Crippen LogP contribution in [0.25, 0.3) is 0 Å². The average molecular weight is 228 g/mol. The van der Waals surface area contributed by atoms with Gasteiger partial charge in [0.2, 0.25) is 0 Å². The Labute approximate surface area is 91.0 Å². The van der Waals surface area contributed by atoms with E-state index in [0.717, 1.165) is 0 Å². The Bertz CT molecular complexity index is 427. The molecule has 16 heavy (non-hydrogen) atoms.